The van der Waals surface area contributed by atoms with Crippen molar-refractivity contribution in [3.63, 3.8) is 0 Å². The molecule has 0 bridgehead atoms. The topological polar surface area (TPSA) is 66.8 Å². The number of benzene rings is 2. The van der Waals surface area contributed by atoms with Crippen LogP contribution in [0.3, 0.4) is 0 Å². The van der Waals surface area contributed by atoms with Crippen LogP contribution in [0.4, 0.5) is 13.2 Å². The molecule has 2 aromatic rings. The molecule has 1 unspecified atom stereocenters. The van der Waals surface area contributed by atoms with E-state index in [1.165, 1.54) is 42.1 Å². The van der Waals surface area contributed by atoms with E-state index in [2.05, 4.69) is 0 Å². The first kappa shape index (κ1) is 23.2. The summed E-state index contributed by atoms with van der Waals surface area (Å²) in [6.45, 7) is -0.730. The van der Waals surface area contributed by atoms with Gasteiger partial charge in [-0.2, -0.15) is 13.2 Å². The monoisotopic (exact) mass is 448 g/mol. The van der Waals surface area contributed by atoms with Crippen LogP contribution in [0.2, 0.25) is 0 Å². The molecule has 0 heterocycles. The first-order chi connectivity index (χ1) is 15.6. The highest BCUT2D eigenvalue weighted by Gasteiger charge is 2.23. The van der Waals surface area contributed by atoms with Gasteiger partial charge in [-0.1, -0.05) is 24.1 Å². The fraction of sp³-hybridized carbons (Fsp3) is 0.333. The van der Waals surface area contributed by atoms with Gasteiger partial charge >= 0.3 is 12.1 Å². The zero-order chi connectivity index (χ0) is 24.4. The van der Waals surface area contributed by atoms with Crippen LogP contribution in [0.1, 0.15) is 48.5 Å². The molecule has 0 aromatic heterocycles. The normalized spacial score (nSPS) is 12.2. The third-order valence-electron chi connectivity index (χ3n) is 4.35. The van der Waals surface area contributed by atoms with Crippen LogP contribution < -0.4 is 4.74 Å². The molecule has 0 saturated heterocycles. The Hall–Kier alpha value is -3.47. The molecule has 0 spiro atoms. The number of amides is 1. The van der Waals surface area contributed by atoms with Crippen LogP contribution in [0.5, 0.6) is 5.75 Å². The number of hydrogen-bond donors (Lipinski definition) is 1. The fourth-order valence-electron chi connectivity index (χ4n) is 2.77. The molecule has 8 heteroatoms. The van der Waals surface area contributed by atoms with Gasteiger partial charge in [-0.25, -0.2) is 0 Å². The van der Waals surface area contributed by atoms with Gasteiger partial charge in [0.25, 0.3) is 5.91 Å². The molecule has 0 fully saturated rings. The van der Waals surface area contributed by atoms with Crippen molar-refractivity contribution in [2.24, 2.45) is 0 Å². The summed E-state index contributed by atoms with van der Waals surface area (Å²) in [6.07, 6.45) is -2.59. The van der Waals surface area contributed by atoms with Crippen LogP contribution in [0.15, 0.2) is 48.5 Å². The largest absolute Gasteiger partial charge is 0.493 e. The SMILES string of the molecule is [2H]C(c1ccccc1OCCCCCC(=O)O)N(C)C(=O)c1ccc(C#CC(F)(F)F)cc1. The Kier molecular flexibility index (Phi) is 8.55. The zero-order valence-electron chi connectivity index (χ0n) is 18.5. The Morgan fingerprint density at radius 3 is 2.44 bits per heavy atom. The minimum Gasteiger partial charge on any atom is -0.493 e. The van der Waals surface area contributed by atoms with E-state index in [1.54, 1.807) is 24.3 Å². The standard InChI is InChI=1S/C24H24F3NO4/c1-28(23(31)19-12-10-18(11-13-19)14-15-24(25,26)27)17-20-7-4-5-8-21(20)32-16-6-2-3-9-22(29)30/h4-5,7-8,10-13H,2-3,6,9,16-17H2,1H3,(H,29,30)/i17D. The summed E-state index contributed by atoms with van der Waals surface area (Å²) in [5.41, 5.74) is 0.812. The van der Waals surface area contributed by atoms with E-state index in [0.717, 1.165) is 0 Å². The Bertz CT molecular complexity index is 1010. The molecule has 0 radical (unpaired) electrons. The average molecular weight is 448 g/mol. The van der Waals surface area contributed by atoms with Crippen molar-refractivity contribution in [2.45, 2.75) is 38.4 Å². The molecule has 2 aromatic carbocycles. The predicted octanol–water partition coefficient (Wildman–Crippen LogP) is 4.90. The third-order valence-corrected chi connectivity index (χ3v) is 4.35. The van der Waals surface area contributed by atoms with Gasteiger partial charge in [0.2, 0.25) is 0 Å². The molecule has 5 nitrogen and oxygen atoms in total. The van der Waals surface area contributed by atoms with E-state index in [0.29, 0.717) is 37.2 Å². The maximum Gasteiger partial charge on any atom is 0.458 e. The minimum absolute atomic E-state index is 0.105. The van der Waals surface area contributed by atoms with Crippen molar-refractivity contribution in [3.8, 4) is 17.6 Å². The van der Waals surface area contributed by atoms with Crippen LogP contribution >= 0.6 is 0 Å². The molecule has 1 atom stereocenters. The van der Waals surface area contributed by atoms with Gasteiger partial charge < -0.3 is 14.7 Å². The number of carbonyl (C=O) groups excluding carboxylic acids is 1. The molecular formula is C24H24F3NO4. The van der Waals surface area contributed by atoms with E-state index in [9.17, 15) is 22.8 Å². The molecule has 0 aliphatic heterocycles. The van der Waals surface area contributed by atoms with Crippen molar-refractivity contribution < 1.29 is 34.0 Å². The van der Waals surface area contributed by atoms with Crippen LogP contribution in [-0.2, 0) is 11.3 Å². The molecular weight excluding hydrogens is 423 g/mol. The van der Waals surface area contributed by atoms with Gasteiger partial charge in [-0.05, 0) is 49.6 Å². The molecule has 0 aliphatic rings. The number of halogens is 3. The number of para-hydroxylation sites is 1. The van der Waals surface area contributed by atoms with Crippen molar-refractivity contribution in [1.29, 1.82) is 0 Å². The highest BCUT2D eigenvalue weighted by atomic mass is 19.4. The number of rotatable bonds is 10. The van der Waals surface area contributed by atoms with Crippen LogP contribution in [0, 0.1) is 11.8 Å². The van der Waals surface area contributed by atoms with E-state index >= 15 is 0 Å². The number of carboxylic acids is 1. The average Bonchev–Trinajstić information content (AvgIpc) is 2.78. The predicted molar refractivity (Wildman–Crippen MR) is 113 cm³/mol. The highest BCUT2D eigenvalue weighted by Crippen LogP contribution is 2.21. The van der Waals surface area contributed by atoms with E-state index in [4.69, 9.17) is 11.2 Å². The zero-order valence-corrected chi connectivity index (χ0v) is 17.5. The highest BCUT2D eigenvalue weighted by molar-refractivity contribution is 5.94. The van der Waals surface area contributed by atoms with Crippen molar-refractivity contribution >= 4 is 11.9 Å². The van der Waals surface area contributed by atoms with Crippen molar-refractivity contribution in [2.75, 3.05) is 13.7 Å². The quantitative estimate of drug-likeness (QED) is 0.415. The molecule has 1 amide bonds. The summed E-state index contributed by atoms with van der Waals surface area (Å²) in [5.74, 6) is 2.30. The summed E-state index contributed by atoms with van der Waals surface area (Å²) >= 11 is 0. The number of hydrogen-bond acceptors (Lipinski definition) is 3. The Morgan fingerprint density at radius 2 is 1.78 bits per heavy atom. The first-order valence-electron chi connectivity index (χ1n) is 10.5. The van der Waals surface area contributed by atoms with Crippen LogP contribution in [-0.4, -0.2) is 41.7 Å². The van der Waals surface area contributed by atoms with Gasteiger partial charge in [0, 0.05) is 42.6 Å². The minimum atomic E-state index is -4.60. The lowest BCUT2D eigenvalue weighted by molar-refractivity contribution is -0.137. The number of ether oxygens (including phenoxy) is 1. The van der Waals surface area contributed by atoms with Gasteiger partial charge in [-0.15, -0.1) is 0 Å². The first-order valence-corrected chi connectivity index (χ1v) is 9.91. The smallest absolute Gasteiger partial charge is 0.458 e. The molecule has 0 saturated carbocycles. The van der Waals surface area contributed by atoms with E-state index in [-0.39, 0.29) is 17.5 Å². The molecule has 0 aliphatic carbocycles. The van der Waals surface area contributed by atoms with Crippen LogP contribution in [0.25, 0.3) is 0 Å². The van der Waals surface area contributed by atoms with Gasteiger partial charge in [0.05, 0.1) is 7.98 Å². The summed E-state index contributed by atoms with van der Waals surface area (Å²) in [7, 11) is 1.46. The Morgan fingerprint density at radius 1 is 1.09 bits per heavy atom. The summed E-state index contributed by atoms with van der Waals surface area (Å²) in [4.78, 5) is 24.5. The maximum absolute atomic E-state index is 12.8. The summed E-state index contributed by atoms with van der Waals surface area (Å²) in [5, 5.41) is 8.66. The summed E-state index contributed by atoms with van der Waals surface area (Å²) in [6, 6.07) is 12.2. The van der Waals surface area contributed by atoms with Crippen molar-refractivity contribution in [1.82, 2.24) is 4.90 Å². The lowest BCUT2D eigenvalue weighted by atomic mass is 10.1. The Balaban J connectivity index is 2.02. The molecule has 32 heavy (non-hydrogen) atoms. The van der Waals surface area contributed by atoms with Gasteiger partial charge in [0.15, 0.2) is 0 Å². The third kappa shape index (κ3) is 8.72. The number of carbonyl (C=O) groups is 2. The number of carboxylic acid groups (broad SMARTS) is 1. The second-order valence-corrected chi connectivity index (χ2v) is 6.96. The second kappa shape index (κ2) is 11.8. The van der Waals surface area contributed by atoms with E-state index < -0.39 is 24.6 Å². The van der Waals surface area contributed by atoms with E-state index in [1.807, 2.05) is 5.92 Å². The lowest BCUT2D eigenvalue weighted by Gasteiger charge is -2.19. The second-order valence-electron chi connectivity index (χ2n) is 6.96. The Labute approximate surface area is 186 Å². The van der Waals surface area contributed by atoms with Crippen molar-refractivity contribution in [3.05, 3.63) is 65.2 Å². The number of unbranched alkanes of at least 4 members (excludes halogenated alkanes) is 2. The van der Waals surface area contributed by atoms with Gasteiger partial charge in [0.1, 0.15) is 5.75 Å². The number of aliphatic carboxylic acids is 1. The molecule has 2 rings (SSSR count). The van der Waals surface area contributed by atoms with Gasteiger partial charge in [-0.3, -0.25) is 9.59 Å². The number of nitrogens with zero attached hydrogens (tertiary/aromatic N) is 1. The maximum atomic E-state index is 12.8. The summed E-state index contributed by atoms with van der Waals surface area (Å²) < 4.78 is 50.9. The fourth-order valence-corrected chi connectivity index (χ4v) is 2.77. The molecule has 170 valence electrons. The lowest BCUT2D eigenvalue weighted by Crippen LogP contribution is -2.26. The molecule has 1 N–H and O–H groups in total. The number of alkyl halides is 3.